The Morgan fingerprint density at radius 2 is 1.88 bits per heavy atom. The molecule has 2 rings (SSSR count). The molecule has 1 unspecified atom stereocenters. The summed E-state index contributed by atoms with van der Waals surface area (Å²) in [7, 11) is 1.87. The van der Waals surface area contributed by atoms with Gasteiger partial charge in [0.1, 0.15) is 0 Å². The highest BCUT2D eigenvalue weighted by Crippen LogP contribution is 2.24. The zero-order valence-electron chi connectivity index (χ0n) is 15.8. The Morgan fingerprint density at radius 3 is 2.62 bits per heavy atom. The molecule has 1 saturated carbocycles. The van der Waals surface area contributed by atoms with Crippen molar-refractivity contribution >= 4 is 23.6 Å². The highest BCUT2D eigenvalue weighted by atomic mass is 32.2. The van der Waals surface area contributed by atoms with Crippen LogP contribution in [0.2, 0.25) is 0 Å². The second kappa shape index (κ2) is 11.2. The molecule has 26 heavy (non-hydrogen) atoms. The summed E-state index contributed by atoms with van der Waals surface area (Å²) in [5.41, 5.74) is 0.626. The van der Waals surface area contributed by atoms with Crippen LogP contribution in [-0.4, -0.2) is 43.7 Å². The van der Waals surface area contributed by atoms with E-state index in [-0.39, 0.29) is 17.9 Å². The van der Waals surface area contributed by atoms with E-state index in [9.17, 15) is 9.59 Å². The Bertz CT molecular complexity index is 588. The minimum atomic E-state index is -0.0992. The molecule has 1 aromatic rings. The number of carbonyl (C=O) groups is 2. The van der Waals surface area contributed by atoms with E-state index in [2.05, 4.69) is 16.0 Å². The van der Waals surface area contributed by atoms with Crippen LogP contribution in [0.15, 0.2) is 29.2 Å². The molecular formula is C20H31N3O2S. The van der Waals surface area contributed by atoms with Gasteiger partial charge in [-0.15, -0.1) is 11.8 Å². The molecule has 0 spiro atoms. The molecule has 0 saturated heterocycles. The Labute approximate surface area is 161 Å². The first-order chi connectivity index (χ1) is 12.6. The third-order valence-electron chi connectivity index (χ3n) is 4.86. The van der Waals surface area contributed by atoms with Gasteiger partial charge < -0.3 is 16.0 Å². The highest BCUT2D eigenvalue weighted by molar-refractivity contribution is 8.00. The quantitative estimate of drug-likeness (QED) is 0.579. The number of nitrogens with one attached hydrogen (secondary N) is 3. The standard InChI is InChI=1S/C20H31N3O2S/c1-15(21-2)12-23-20(25)17-10-6-7-11-18(17)26-14-19(24)22-13-16-8-4-3-5-9-16/h6-7,10-11,15-16,21H,3-5,8-9,12-14H2,1-2H3,(H,22,24)(H,23,25). The van der Waals surface area contributed by atoms with Crippen molar-refractivity contribution in [3.63, 3.8) is 0 Å². The SMILES string of the molecule is CNC(C)CNC(=O)c1ccccc1SCC(=O)NCC1CCCCC1. The fourth-order valence-electron chi connectivity index (χ4n) is 3.07. The summed E-state index contributed by atoms with van der Waals surface area (Å²) >= 11 is 1.42. The lowest BCUT2D eigenvalue weighted by Crippen LogP contribution is -2.37. The molecule has 5 nitrogen and oxygen atoms in total. The highest BCUT2D eigenvalue weighted by Gasteiger charge is 2.16. The predicted molar refractivity (Wildman–Crippen MR) is 108 cm³/mol. The van der Waals surface area contributed by atoms with Crippen LogP contribution in [0, 0.1) is 5.92 Å². The van der Waals surface area contributed by atoms with E-state index in [1.54, 1.807) is 0 Å². The monoisotopic (exact) mass is 377 g/mol. The van der Waals surface area contributed by atoms with Crippen molar-refractivity contribution in [1.29, 1.82) is 0 Å². The van der Waals surface area contributed by atoms with Crippen molar-refractivity contribution in [2.45, 2.75) is 50.0 Å². The number of carbonyl (C=O) groups excluding carboxylic acids is 2. The maximum Gasteiger partial charge on any atom is 0.252 e. The van der Waals surface area contributed by atoms with Gasteiger partial charge in [0.15, 0.2) is 0 Å². The minimum Gasteiger partial charge on any atom is -0.355 e. The summed E-state index contributed by atoms with van der Waals surface area (Å²) in [5.74, 6) is 0.909. The lowest BCUT2D eigenvalue weighted by atomic mass is 9.89. The van der Waals surface area contributed by atoms with Crippen LogP contribution in [0.4, 0.5) is 0 Å². The van der Waals surface area contributed by atoms with E-state index in [0.29, 0.717) is 23.8 Å². The van der Waals surface area contributed by atoms with Crippen LogP contribution in [0.5, 0.6) is 0 Å². The van der Waals surface area contributed by atoms with Crippen LogP contribution in [0.25, 0.3) is 0 Å². The van der Waals surface area contributed by atoms with E-state index in [4.69, 9.17) is 0 Å². The molecule has 1 aliphatic carbocycles. The number of hydrogen-bond donors (Lipinski definition) is 3. The number of hydrogen-bond acceptors (Lipinski definition) is 4. The van der Waals surface area contributed by atoms with Crippen molar-refractivity contribution in [2.24, 2.45) is 5.92 Å². The van der Waals surface area contributed by atoms with E-state index in [0.717, 1.165) is 11.4 Å². The van der Waals surface area contributed by atoms with Crippen molar-refractivity contribution in [1.82, 2.24) is 16.0 Å². The van der Waals surface area contributed by atoms with Gasteiger partial charge in [-0.05, 0) is 44.9 Å². The number of amides is 2. The largest absolute Gasteiger partial charge is 0.355 e. The van der Waals surface area contributed by atoms with E-state index in [1.165, 1.54) is 43.9 Å². The van der Waals surface area contributed by atoms with Gasteiger partial charge in [0.2, 0.25) is 5.91 Å². The van der Waals surface area contributed by atoms with Gasteiger partial charge in [-0.1, -0.05) is 31.4 Å². The lowest BCUT2D eigenvalue weighted by Gasteiger charge is -2.21. The summed E-state index contributed by atoms with van der Waals surface area (Å²) in [6.45, 7) is 3.36. The molecule has 3 N–H and O–H groups in total. The number of likely N-dealkylation sites (N-methyl/N-ethyl adjacent to an activating group) is 1. The third-order valence-corrected chi connectivity index (χ3v) is 5.94. The van der Waals surface area contributed by atoms with Crippen LogP contribution < -0.4 is 16.0 Å². The summed E-state index contributed by atoms with van der Waals surface area (Å²) in [6.07, 6.45) is 6.34. The molecule has 1 aromatic carbocycles. The average molecular weight is 378 g/mol. The fourth-order valence-corrected chi connectivity index (χ4v) is 3.95. The Kier molecular flexibility index (Phi) is 8.98. The predicted octanol–water partition coefficient (Wildman–Crippen LogP) is 2.81. The van der Waals surface area contributed by atoms with Crippen molar-refractivity contribution in [2.75, 3.05) is 25.9 Å². The molecule has 1 atom stereocenters. The molecule has 0 aliphatic heterocycles. The van der Waals surface area contributed by atoms with Gasteiger partial charge in [0, 0.05) is 24.0 Å². The number of rotatable bonds is 9. The first kappa shape index (κ1) is 20.8. The third kappa shape index (κ3) is 7.00. The average Bonchev–Trinajstić information content (AvgIpc) is 2.69. The summed E-state index contributed by atoms with van der Waals surface area (Å²) < 4.78 is 0. The maximum atomic E-state index is 12.4. The van der Waals surface area contributed by atoms with E-state index in [1.807, 2.05) is 38.2 Å². The molecule has 144 valence electrons. The van der Waals surface area contributed by atoms with Crippen LogP contribution >= 0.6 is 11.8 Å². The molecular weight excluding hydrogens is 346 g/mol. The first-order valence-electron chi connectivity index (χ1n) is 9.54. The minimum absolute atomic E-state index is 0.0413. The molecule has 6 heteroatoms. The van der Waals surface area contributed by atoms with Crippen LogP contribution in [-0.2, 0) is 4.79 Å². The topological polar surface area (TPSA) is 70.2 Å². The van der Waals surface area contributed by atoms with Crippen molar-refractivity contribution < 1.29 is 9.59 Å². The Hall–Kier alpha value is -1.53. The van der Waals surface area contributed by atoms with Gasteiger partial charge in [0.05, 0.1) is 11.3 Å². The molecule has 0 heterocycles. The van der Waals surface area contributed by atoms with Gasteiger partial charge in [-0.25, -0.2) is 0 Å². The van der Waals surface area contributed by atoms with Crippen LogP contribution in [0.3, 0.4) is 0 Å². The fraction of sp³-hybridized carbons (Fsp3) is 0.600. The number of benzene rings is 1. The van der Waals surface area contributed by atoms with Gasteiger partial charge in [-0.2, -0.15) is 0 Å². The summed E-state index contributed by atoms with van der Waals surface area (Å²) in [6, 6.07) is 7.67. The van der Waals surface area contributed by atoms with Crippen molar-refractivity contribution in [3.8, 4) is 0 Å². The number of thioether (sulfide) groups is 1. The maximum absolute atomic E-state index is 12.4. The summed E-state index contributed by atoms with van der Waals surface area (Å²) in [5, 5.41) is 9.08. The molecule has 0 radical (unpaired) electrons. The van der Waals surface area contributed by atoms with Crippen molar-refractivity contribution in [3.05, 3.63) is 29.8 Å². The first-order valence-corrected chi connectivity index (χ1v) is 10.5. The zero-order chi connectivity index (χ0) is 18.8. The second-order valence-corrected chi connectivity index (χ2v) is 8.01. The molecule has 1 aliphatic rings. The Morgan fingerprint density at radius 1 is 1.15 bits per heavy atom. The van der Waals surface area contributed by atoms with Gasteiger partial charge >= 0.3 is 0 Å². The molecule has 0 aromatic heterocycles. The zero-order valence-corrected chi connectivity index (χ0v) is 16.7. The van der Waals surface area contributed by atoms with Crippen LogP contribution in [0.1, 0.15) is 49.4 Å². The van der Waals surface area contributed by atoms with E-state index < -0.39 is 0 Å². The molecule has 1 fully saturated rings. The smallest absolute Gasteiger partial charge is 0.252 e. The second-order valence-electron chi connectivity index (χ2n) is 6.99. The lowest BCUT2D eigenvalue weighted by molar-refractivity contribution is -0.118. The van der Waals surface area contributed by atoms with Gasteiger partial charge in [0.25, 0.3) is 5.91 Å². The summed E-state index contributed by atoms with van der Waals surface area (Å²) in [4.78, 5) is 25.4. The Balaban J connectivity index is 1.81. The molecule has 0 bridgehead atoms. The van der Waals surface area contributed by atoms with Gasteiger partial charge in [-0.3, -0.25) is 9.59 Å². The molecule has 2 amide bonds. The normalized spacial score (nSPS) is 16.1. The van der Waals surface area contributed by atoms with E-state index >= 15 is 0 Å².